The number of aryl methyl sites for hydroxylation is 1. The van der Waals surface area contributed by atoms with Crippen molar-refractivity contribution in [1.29, 1.82) is 0 Å². The van der Waals surface area contributed by atoms with Crippen molar-refractivity contribution in [3.05, 3.63) is 70.3 Å². The molecule has 0 spiro atoms. The van der Waals surface area contributed by atoms with E-state index in [-0.39, 0.29) is 17.7 Å². The molecule has 0 aliphatic carbocycles. The summed E-state index contributed by atoms with van der Waals surface area (Å²) in [4.78, 5) is 33.3. The van der Waals surface area contributed by atoms with E-state index in [1.165, 1.54) is 16.4 Å². The van der Waals surface area contributed by atoms with Crippen LogP contribution in [-0.4, -0.2) is 27.3 Å². The van der Waals surface area contributed by atoms with Crippen molar-refractivity contribution >= 4 is 29.0 Å². The Morgan fingerprint density at radius 2 is 1.97 bits per heavy atom. The average molecular weight is 420 g/mol. The fraction of sp³-hybridized carbons (Fsp3) is 0.273. The highest BCUT2D eigenvalue weighted by Crippen LogP contribution is 2.41. The van der Waals surface area contributed by atoms with Gasteiger partial charge in [-0.1, -0.05) is 29.5 Å². The molecular weight excluding hydrogens is 400 g/mol. The quantitative estimate of drug-likeness (QED) is 0.622. The molecule has 5 rings (SSSR count). The van der Waals surface area contributed by atoms with Crippen LogP contribution in [0, 0.1) is 6.92 Å². The molecule has 0 radical (unpaired) electrons. The number of benzene rings is 1. The van der Waals surface area contributed by atoms with Gasteiger partial charge in [-0.3, -0.25) is 14.5 Å². The van der Waals surface area contributed by atoms with Crippen LogP contribution in [0.4, 0.5) is 11.4 Å². The monoisotopic (exact) mass is 420 g/mol. The minimum absolute atomic E-state index is 0.235. The van der Waals surface area contributed by atoms with E-state index >= 15 is 0 Å². The number of rotatable bonds is 2. The summed E-state index contributed by atoms with van der Waals surface area (Å²) < 4.78 is 7.18. The molecule has 30 heavy (non-hydrogen) atoms. The van der Waals surface area contributed by atoms with Crippen molar-refractivity contribution in [2.45, 2.75) is 42.3 Å². The molecule has 2 aromatic heterocycles. The molecule has 1 amide bonds. The van der Waals surface area contributed by atoms with E-state index in [0.29, 0.717) is 33.5 Å². The van der Waals surface area contributed by atoms with Gasteiger partial charge in [-0.25, -0.2) is 4.98 Å². The van der Waals surface area contributed by atoms with E-state index in [1.54, 1.807) is 29.4 Å². The fourth-order valence-electron chi connectivity index (χ4n) is 3.73. The summed E-state index contributed by atoms with van der Waals surface area (Å²) in [7, 11) is 0. The van der Waals surface area contributed by atoms with Crippen LogP contribution in [0.1, 0.15) is 41.4 Å². The highest BCUT2D eigenvalue weighted by molar-refractivity contribution is 7.99. The minimum atomic E-state index is -0.382. The van der Waals surface area contributed by atoms with E-state index < -0.39 is 0 Å². The SMILES string of the molecule is Cc1ccc(N2C(=O)c3cccnc3Sc3c2cnn(C2CCCCO2)c3=O)cc1. The number of carbonyl (C=O) groups excluding carboxylic acids is 1. The Morgan fingerprint density at radius 3 is 2.73 bits per heavy atom. The number of hydrogen-bond donors (Lipinski definition) is 0. The molecule has 1 saturated heterocycles. The molecule has 3 aromatic rings. The molecule has 4 heterocycles. The van der Waals surface area contributed by atoms with Gasteiger partial charge >= 0.3 is 0 Å². The Morgan fingerprint density at radius 1 is 1.13 bits per heavy atom. The number of nitrogens with zero attached hydrogens (tertiary/aromatic N) is 4. The molecule has 1 aromatic carbocycles. The van der Waals surface area contributed by atoms with Gasteiger partial charge in [0.1, 0.15) is 9.92 Å². The molecular formula is C22H20N4O3S. The molecule has 2 aliphatic rings. The van der Waals surface area contributed by atoms with E-state index in [9.17, 15) is 9.59 Å². The van der Waals surface area contributed by atoms with E-state index in [2.05, 4.69) is 10.1 Å². The molecule has 1 fully saturated rings. The highest BCUT2D eigenvalue weighted by atomic mass is 32.2. The summed E-state index contributed by atoms with van der Waals surface area (Å²) in [6.45, 7) is 2.60. The third kappa shape index (κ3) is 3.22. The lowest BCUT2D eigenvalue weighted by Gasteiger charge is -2.26. The third-order valence-corrected chi connectivity index (χ3v) is 6.41. The van der Waals surface area contributed by atoms with Gasteiger partial charge in [-0.05, 0) is 50.5 Å². The second-order valence-corrected chi connectivity index (χ2v) is 8.36. The maximum absolute atomic E-state index is 13.5. The Hall–Kier alpha value is -2.97. The van der Waals surface area contributed by atoms with Crippen molar-refractivity contribution < 1.29 is 9.53 Å². The minimum Gasteiger partial charge on any atom is -0.356 e. The van der Waals surface area contributed by atoms with E-state index in [1.807, 2.05) is 31.2 Å². The first-order chi connectivity index (χ1) is 14.6. The molecule has 0 N–H and O–H groups in total. The molecule has 2 aliphatic heterocycles. The van der Waals surface area contributed by atoms with E-state index in [4.69, 9.17) is 4.74 Å². The second-order valence-electron chi connectivity index (χ2n) is 7.36. The van der Waals surface area contributed by atoms with Crippen LogP contribution in [0.25, 0.3) is 0 Å². The van der Waals surface area contributed by atoms with Gasteiger partial charge in [0.25, 0.3) is 11.5 Å². The normalized spacial score (nSPS) is 18.5. The summed E-state index contributed by atoms with van der Waals surface area (Å²) in [6, 6.07) is 11.1. The Bertz CT molecular complexity index is 1170. The third-order valence-electron chi connectivity index (χ3n) is 5.30. The maximum atomic E-state index is 13.5. The first-order valence-electron chi connectivity index (χ1n) is 9.91. The molecule has 0 bridgehead atoms. The van der Waals surface area contributed by atoms with Gasteiger partial charge in [-0.2, -0.15) is 9.78 Å². The van der Waals surface area contributed by atoms with Crippen LogP contribution in [0.15, 0.2) is 63.5 Å². The summed E-state index contributed by atoms with van der Waals surface area (Å²) in [5.74, 6) is -0.235. The summed E-state index contributed by atoms with van der Waals surface area (Å²) in [5.41, 5.74) is 2.41. The zero-order valence-electron chi connectivity index (χ0n) is 16.4. The van der Waals surface area contributed by atoms with Crippen molar-refractivity contribution in [2.24, 2.45) is 0 Å². The molecule has 8 heteroatoms. The largest absolute Gasteiger partial charge is 0.356 e. The lowest BCUT2D eigenvalue weighted by Crippen LogP contribution is -2.34. The number of amides is 1. The van der Waals surface area contributed by atoms with Crippen molar-refractivity contribution in [2.75, 3.05) is 11.5 Å². The lowest BCUT2D eigenvalue weighted by molar-refractivity contribution is -0.0429. The van der Waals surface area contributed by atoms with Gasteiger partial charge in [0.05, 0.1) is 17.4 Å². The molecule has 1 atom stereocenters. The number of pyridine rings is 1. The number of hydrogen-bond acceptors (Lipinski definition) is 6. The predicted molar refractivity (Wildman–Crippen MR) is 113 cm³/mol. The summed E-state index contributed by atoms with van der Waals surface area (Å²) in [5, 5.41) is 4.91. The van der Waals surface area contributed by atoms with Crippen LogP contribution < -0.4 is 10.5 Å². The Balaban J connectivity index is 1.71. The highest BCUT2D eigenvalue weighted by Gasteiger charge is 2.33. The van der Waals surface area contributed by atoms with Crippen molar-refractivity contribution in [3.8, 4) is 0 Å². The van der Waals surface area contributed by atoms with Crippen LogP contribution >= 0.6 is 11.8 Å². The van der Waals surface area contributed by atoms with Gasteiger partial charge in [-0.15, -0.1) is 0 Å². The number of aromatic nitrogens is 3. The predicted octanol–water partition coefficient (Wildman–Crippen LogP) is 4.09. The number of carbonyl (C=O) groups is 1. The number of anilines is 2. The van der Waals surface area contributed by atoms with Crippen LogP contribution in [0.3, 0.4) is 0 Å². The maximum Gasteiger partial charge on any atom is 0.285 e. The summed E-state index contributed by atoms with van der Waals surface area (Å²) >= 11 is 1.21. The topological polar surface area (TPSA) is 77.3 Å². The van der Waals surface area contributed by atoms with Gasteiger partial charge in [0.2, 0.25) is 0 Å². The fourth-order valence-corrected chi connectivity index (χ4v) is 4.73. The van der Waals surface area contributed by atoms with E-state index in [0.717, 1.165) is 24.8 Å². The van der Waals surface area contributed by atoms with Crippen LogP contribution in [-0.2, 0) is 4.74 Å². The lowest BCUT2D eigenvalue weighted by atomic mass is 10.1. The second kappa shape index (κ2) is 7.70. The van der Waals surface area contributed by atoms with Gasteiger partial charge in [0, 0.05) is 18.5 Å². The molecule has 0 saturated carbocycles. The van der Waals surface area contributed by atoms with Crippen LogP contribution in [0.2, 0.25) is 0 Å². The van der Waals surface area contributed by atoms with Crippen LogP contribution in [0.5, 0.6) is 0 Å². The van der Waals surface area contributed by atoms with Crippen molar-refractivity contribution in [3.63, 3.8) is 0 Å². The molecule has 1 unspecified atom stereocenters. The smallest absolute Gasteiger partial charge is 0.285 e. The Labute approximate surface area is 177 Å². The first kappa shape index (κ1) is 19.0. The average Bonchev–Trinajstić information content (AvgIpc) is 2.90. The zero-order chi connectivity index (χ0) is 20.7. The number of fused-ring (bicyclic) bond motifs is 2. The van der Waals surface area contributed by atoms with Gasteiger partial charge < -0.3 is 4.74 Å². The van der Waals surface area contributed by atoms with Gasteiger partial charge in [0.15, 0.2) is 6.23 Å². The van der Waals surface area contributed by atoms with Crippen molar-refractivity contribution in [1.82, 2.24) is 14.8 Å². The first-order valence-corrected chi connectivity index (χ1v) is 10.7. The Kier molecular flexibility index (Phi) is 4.88. The molecule has 7 nitrogen and oxygen atoms in total. The zero-order valence-corrected chi connectivity index (χ0v) is 17.3. The number of ether oxygens (including phenoxy) is 1. The molecule has 152 valence electrons. The summed E-state index contributed by atoms with van der Waals surface area (Å²) in [6.07, 6.45) is 5.55. The standard InChI is InChI=1S/C22H20N4O3S/c1-14-7-9-15(10-8-14)25-17-13-24-26(18-6-2-3-12-29-18)22(28)19(17)30-20-16(21(25)27)5-4-11-23-20/h4-5,7-11,13,18H,2-3,6,12H2,1H3.